The molecule has 0 saturated carbocycles. The minimum absolute atomic E-state index is 0.137. The Kier molecular flexibility index (Phi) is 4.63. The number of oxime groups is 1. The highest BCUT2D eigenvalue weighted by molar-refractivity contribution is 6.31. The topological polar surface area (TPSA) is 48.6 Å². The molecule has 1 aliphatic rings. The van der Waals surface area contributed by atoms with Gasteiger partial charge in [-0.05, 0) is 30.7 Å². The third-order valence-electron chi connectivity index (χ3n) is 4.34. The van der Waals surface area contributed by atoms with Gasteiger partial charge < -0.3 is 14.1 Å². The molecule has 1 aliphatic heterocycles. The Labute approximate surface area is 156 Å². The van der Waals surface area contributed by atoms with Gasteiger partial charge in [-0.2, -0.15) is 0 Å². The van der Waals surface area contributed by atoms with E-state index in [0.717, 1.165) is 16.8 Å². The molecule has 0 aliphatic carbocycles. The summed E-state index contributed by atoms with van der Waals surface area (Å²) >= 11 is 6.13. The zero-order valence-electron chi connectivity index (χ0n) is 14.2. The van der Waals surface area contributed by atoms with Gasteiger partial charge in [-0.25, -0.2) is 4.98 Å². The number of fused-ring (bicyclic) bond motifs is 1. The van der Waals surface area contributed by atoms with E-state index in [1.165, 1.54) is 0 Å². The van der Waals surface area contributed by atoms with Crippen molar-refractivity contribution in [2.24, 2.45) is 5.16 Å². The van der Waals surface area contributed by atoms with Crippen molar-refractivity contribution in [3.8, 4) is 5.75 Å². The minimum Gasteiger partial charge on any atom is -0.487 e. The summed E-state index contributed by atoms with van der Waals surface area (Å²) in [6.45, 7) is 2.40. The molecular formula is C20H18ClN3O2. The fourth-order valence-electron chi connectivity index (χ4n) is 3.12. The number of aromatic nitrogens is 2. The summed E-state index contributed by atoms with van der Waals surface area (Å²) in [5, 5.41) is 5.11. The highest BCUT2D eigenvalue weighted by Gasteiger charge is 2.35. The zero-order valence-corrected chi connectivity index (χ0v) is 15.0. The van der Waals surface area contributed by atoms with Crippen LogP contribution >= 0.6 is 11.6 Å². The fraction of sp³-hybridized carbons (Fsp3) is 0.200. The van der Waals surface area contributed by atoms with Crippen molar-refractivity contribution in [3.05, 3.63) is 83.4 Å². The van der Waals surface area contributed by atoms with Gasteiger partial charge in [-0.1, -0.05) is 47.1 Å². The molecule has 0 spiro atoms. The van der Waals surface area contributed by atoms with Gasteiger partial charge in [-0.3, -0.25) is 0 Å². The Morgan fingerprint density at radius 2 is 2.08 bits per heavy atom. The number of nitrogens with zero attached hydrogens (tertiary/aromatic N) is 3. The first-order valence-electron chi connectivity index (χ1n) is 8.40. The van der Waals surface area contributed by atoms with Crippen molar-refractivity contribution in [3.63, 3.8) is 0 Å². The first-order valence-corrected chi connectivity index (χ1v) is 8.78. The van der Waals surface area contributed by atoms with Crippen molar-refractivity contribution in [1.82, 2.24) is 9.55 Å². The maximum atomic E-state index is 6.13. The summed E-state index contributed by atoms with van der Waals surface area (Å²) in [7, 11) is 0. The number of rotatable bonds is 4. The minimum atomic E-state index is -0.144. The van der Waals surface area contributed by atoms with Gasteiger partial charge in [-0.15, -0.1) is 0 Å². The van der Waals surface area contributed by atoms with Gasteiger partial charge in [0.25, 0.3) is 0 Å². The van der Waals surface area contributed by atoms with Crippen LogP contribution in [0.1, 0.15) is 24.1 Å². The van der Waals surface area contributed by atoms with E-state index in [-0.39, 0.29) is 12.1 Å². The second-order valence-electron chi connectivity index (χ2n) is 6.15. The molecule has 1 aromatic heterocycles. The van der Waals surface area contributed by atoms with Crippen molar-refractivity contribution >= 4 is 17.3 Å². The fourth-order valence-corrected chi connectivity index (χ4v) is 3.29. The second kappa shape index (κ2) is 7.22. The van der Waals surface area contributed by atoms with Crippen LogP contribution < -0.4 is 4.74 Å². The average molecular weight is 368 g/mol. The molecule has 5 nitrogen and oxygen atoms in total. The van der Waals surface area contributed by atoms with E-state index in [1.54, 1.807) is 12.5 Å². The average Bonchev–Trinajstić information content (AvgIpc) is 3.16. The van der Waals surface area contributed by atoms with E-state index >= 15 is 0 Å². The predicted octanol–water partition coefficient (Wildman–Crippen LogP) is 4.48. The molecule has 0 saturated heterocycles. The second-order valence-corrected chi connectivity index (χ2v) is 6.59. The number of hydrogen-bond acceptors (Lipinski definition) is 4. The maximum absolute atomic E-state index is 6.13. The monoisotopic (exact) mass is 367 g/mol. The molecule has 0 radical (unpaired) electrons. The quantitative estimate of drug-likeness (QED) is 0.639. The normalized spacial score (nSPS) is 20.5. The lowest BCUT2D eigenvalue weighted by atomic mass is 9.95. The van der Waals surface area contributed by atoms with Gasteiger partial charge >= 0.3 is 0 Å². The van der Waals surface area contributed by atoms with Crippen LogP contribution in [0.25, 0.3) is 0 Å². The van der Waals surface area contributed by atoms with Crippen LogP contribution in [0.5, 0.6) is 5.75 Å². The summed E-state index contributed by atoms with van der Waals surface area (Å²) in [6.07, 6.45) is 5.26. The molecule has 0 bridgehead atoms. The van der Waals surface area contributed by atoms with E-state index in [0.29, 0.717) is 17.4 Å². The summed E-state index contributed by atoms with van der Waals surface area (Å²) in [4.78, 5) is 9.84. The van der Waals surface area contributed by atoms with Crippen molar-refractivity contribution in [1.29, 1.82) is 0 Å². The third-order valence-corrected chi connectivity index (χ3v) is 4.58. The molecule has 0 amide bonds. The largest absolute Gasteiger partial charge is 0.487 e. The SMILES string of the molecule is CC1Oc2cc(Cl)ccc2/C(=N/OCc2ccccc2)C1n1ccnc1. The van der Waals surface area contributed by atoms with Crippen LogP contribution in [0.15, 0.2) is 72.4 Å². The first kappa shape index (κ1) is 16.7. The Bertz CT molecular complexity index is 910. The van der Waals surface area contributed by atoms with E-state index in [1.807, 2.05) is 66.2 Å². The molecule has 2 aromatic carbocycles. The maximum Gasteiger partial charge on any atom is 0.142 e. The van der Waals surface area contributed by atoms with Crippen LogP contribution in [-0.2, 0) is 11.4 Å². The van der Waals surface area contributed by atoms with Gasteiger partial charge in [0.1, 0.15) is 30.2 Å². The molecule has 3 aromatic rings. The van der Waals surface area contributed by atoms with Crippen LogP contribution in [0.4, 0.5) is 0 Å². The lowest BCUT2D eigenvalue weighted by Crippen LogP contribution is -2.37. The molecule has 132 valence electrons. The smallest absolute Gasteiger partial charge is 0.142 e. The lowest BCUT2D eigenvalue weighted by molar-refractivity contribution is 0.122. The van der Waals surface area contributed by atoms with E-state index in [2.05, 4.69) is 10.1 Å². The van der Waals surface area contributed by atoms with Crippen LogP contribution in [-0.4, -0.2) is 21.4 Å². The molecular weight excluding hydrogens is 350 g/mol. The third kappa shape index (κ3) is 3.30. The van der Waals surface area contributed by atoms with Gasteiger partial charge in [0.05, 0.1) is 6.33 Å². The van der Waals surface area contributed by atoms with Gasteiger partial charge in [0.15, 0.2) is 0 Å². The molecule has 26 heavy (non-hydrogen) atoms. The summed E-state index contributed by atoms with van der Waals surface area (Å²) in [5.74, 6) is 0.712. The lowest BCUT2D eigenvalue weighted by Gasteiger charge is -2.33. The Hall–Kier alpha value is -2.79. The number of benzene rings is 2. The molecule has 2 atom stereocenters. The standard InChI is InChI=1S/C20H18ClN3O2/c1-14-20(24-10-9-22-13-24)19(17-8-7-16(21)11-18(17)26-14)23-25-12-15-5-3-2-4-6-15/h2-11,13-14,20H,12H2,1H3/b23-19-. The van der Waals surface area contributed by atoms with Crippen LogP contribution in [0.3, 0.4) is 0 Å². The molecule has 0 fully saturated rings. The number of ether oxygens (including phenoxy) is 1. The highest BCUT2D eigenvalue weighted by Crippen LogP contribution is 2.35. The Morgan fingerprint density at radius 3 is 2.85 bits per heavy atom. The predicted molar refractivity (Wildman–Crippen MR) is 101 cm³/mol. The molecule has 4 rings (SSSR count). The zero-order chi connectivity index (χ0) is 17.9. The summed E-state index contributed by atoms with van der Waals surface area (Å²) in [6, 6.07) is 15.4. The van der Waals surface area contributed by atoms with Gasteiger partial charge in [0, 0.05) is 23.0 Å². The van der Waals surface area contributed by atoms with Crippen molar-refractivity contribution in [2.45, 2.75) is 25.7 Å². The van der Waals surface area contributed by atoms with E-state index in [9.17, 15) is 0 Å². The molecule has 6 heteroatoms. The number of hydrogen-bond donors (Lipinski definition) is 0. The summed E-state index contributed by atoms with van der Waals surface area (Å²) < 4.78 is 8.05. The van der Waals surface area contributed by atoms with Crippen molar-refractivity contribution in [2.75, 3.05) is 0 Å². The van der Waals surface area contributed by atoms with Gasteiger partial charge in [0.2, 0.25) is 0 Å². The molecule has 0 N–H and O–H groups in total. The Balaban J connectivity index is 1.70. The van der Waals surface area contributed by atoms with Crippen LogP contribution in [0.2, 0.25) is 5.02 Å². The molecule has 2 unspecified atom stereocenters. The number of halogens is 1. The number of imidazole rings is 1. The summed E-state index contributed by atoms with van der Waals surface area (Å²) in [5.41, 5.74) is 2.73. The highest BCUT2D eigenvalue weighted by atomic mass is 35.5. The van der Waals surface area contributed by atoms with Crippen molar-refractivity contribution < 1.29 is 9.57 Å². The molecule has 2 heterocycles. The van der Waals surface area contributed by atoms with E-state index in [4.69, 9.17) is 21.2 Å². The Morgan fingerprint density at radius 1 is 1.23 bits per heavy atom. The van der Waals surface area contributed by atoms with Crippen LogP contribution in [0, 0.1) is 0 Å². The van der Waals surface area contributed by atoms with E-state index < -0.39 is 0 Å². The first-order chi connectivity index (χ1) is 12.7.